The maximum atomic E-state index is 13.4. The first-order chi connectivity index (χ1) is 17.9. The number of nitrogens with zero attached hydrogens (tertiary/aromatic N) is 6. The van der Waals surface area contributed by atoms with E-state index in [4.69, 9.17) is 5.10 Å². The van der Waals surface area contributed by atoms with E-state index in [1.165, 1.54) is 11.3 Å². The zero-order chi connectivity index (χ0) is 25.7. The number of benzene rings is 2. The quantitative estimate of drug-likeness (QED) is 0.431. The second-order valence-electron chi connectivity index (χ2n) is 10.2. The summed E-state index contributed by atoms with van der Waals surface area (Å²) < 4.78 is 3.96. The van der Waals surface area contributed by atoms with Crippen LogP contribution in [0.25, 0.3) is 22.2 Å². The summed E-state index contributed by atoms with van der Waals surface area (Å²) in [6.07, 6.45) is 2.42. The smallest absolute Gasteiger partial charge is 0.242 e. The number of hydrogen-bond donors (Lipinski definition) is 0. The molecule has 37 heavy (non-hydrogen) atoms. The van der Waals surface area contributed by atoms with E-state index < -0.39 is 0 Å². The minimum atomic E-state index is -0.0309. The fourth-order valence-electron chi connectivity index (χ4n) is 5.71. The molecule has 4 heterocycles. The molecule has 2 amide bonds. The molecule has 0 saturated carbocycles. The SMILES string of the molecule is Cc1cccc(N2CCN(C(=O)CN3C(=O)CCn4nc(-c5cn(C)c6ccccc56)cc43)C[C@H]2C)c1. The molecule has 0 aliphatic carbocycles. The third-order valence-corrected chi connectivity index (χ3v) is 7.65. The van der Waals surface area contributed by atoms with Crippen LogP contribution in [-0.2, 0) is 23.2 Å². The highest BCUT2D eigenvalue weighted by Crippen LogP contribution is 2.33. The predicted molar refractivity (Wildman–Crippen MR) is 146 cm³/mol. The van der Waals surface area contributed by atoms with Crippen molar-refractivity contribution >= 4 is 34.2 Å². The van der Waals surface area contributed by atoms with Crippen LogP contribution in [0.1, 0.15) is 18.9 Å². The van der Waals surface area contributed by atoms with Gasteiger partial charge in [0.2, 0.25) is 11.8 Å². The highest BCUT2D eigenvalue weighted by atomic mass is 16.2. The topological polar surface area (TPSA) is 66.6 Å². The van der Waals surface area contributed by atoms with Gasteiger partial charge in [-0.05, 0) is 37.6 Å². The summed E-state index contributed by atoms with van der Waals surface area (Å²) in [7, 11) is 2.02. The van der Waals surface area contributed by atoms with Gasteiger partial charge in [-0.1, -0.05) is 30.3 Å². The maximum absolute atomic E-state index is 13.4. The average molecular weight is 497 g/mol. The van der Waals surface area contributed by atoms with Crippen molar-refractivity contribution in [3.63, 3.8) is 0 Å². The third-order valence-electron chi connectivity index (χ3n) is 7.65. The largest absolute Gasteiger partial charge is 0.365 e. The molecule has 2 aliphatic rings. The van der Waals surface area contributed by atoms with Crippen LogP contribution in [0.3, 0.4) is 0 Å². The number of fused-ring (bicyclic) bond motifs is 2. The number of carbonyl (C=O) groups is 2. The number of anilines is 2. The Morgan fingerprint density at radius 1 is 1.05 bits per heavy atom. The molecule has 0 bridgehead atoms. The van der Waals surface area contributed by atoms with E-state index in [1.54, 1.807) is 4.90 Å². The molecule has 190 valence electrons. The minimum absolute atomic E-state index is 0.0227. The van der Waals surface area contributed by atoms with Gasteiger partial charge in [-0.15, -0.1) is 0 Å². The lowest BCUT2D eigenvalue weighted by molar-refractivity contribution is -0.132. The fraction of sp³-hybridized carbons (Fsp3) is 0.345. The van der Waals surface area contributed by atoms with Crippen molar-refractivity contribution in [2.75, 3.05) is 36.0 Å². The second-order valence-corrected chi connectivity index (χ2v) is 10.2. The van der Waals surface area contributed by atoms with E-state index in [0.29, 0.717) is 31.9 Å². The standard InChI is InChI=1S/C29H32N6O2/c1-20-7-6-8-22(15-20)33-14-13-32(17-21(33)2)29(37)19-34-27-16-25(30-35(27)12-11-28(34)36)24-18-31(3)26-10-5-4-9-23(24)26/h4-10,15-16,18,21H,11-14,17,19H2,1-3H3/t21-/m1/s1. The van der Waals surface area contributed by atoms with Gasteiger partial charge in [0.05, 0.1) is 12.2 Å². The lowest BCUT2D eigenvalue weighted by Gasteiger charge is -2.42. The number of aryl methyl sites for hydroxylation is 3. The molecule has 6 rings (SSSR count). The van der Waals surface area contributed by atoms with Gasteiger partial charge in [-0.25, -0.2) is 4.68 Å². The number of amides is 2. The Hall–Kier alpha value is -4.07. The van der Waals surface area contributed by atoms with Crippen molar-refractivity contribution in [1.82, 2.24) is 19.2 Å². The Morgan fingerprint density at radius 3 is 2.70 bits per heavy atom. The highest BCUT2D eigenvalue weighted by molar-refractivity contribution is 6.00. The third kappa shape index (κ3) is 4.16. The summed E-state index contributed by atoms with van der Waals surface area (Å²) in [6, 6.07) is 18.9. The normalized spacial score (nSPS) is 18.0. The Bertz CT molecular complexity index is 1500. The Kier molecular flexibility index (Phi) is 5.74. The first-order valence-corrected chi connectivity index (χ1v) is 12.9. The molecule has 2 aliphatic heterocycles. The van der Waals surface area contributed by atoms with Crippen LogP contribution in [0.4, 0.5) is 11.5 Å². The van der Waals surface area contributed by atoms with E-state index in [-0.39, 0.29) is 24.4 Å². The zero-order valence-corrected chi connectivity index (χ0v) is 21.6. The first kappa shape index (κ1) is 23.3. The van der Waals surface area contributed by atoms with Gasteiger partial charge in [-0.2, -0.15) is 5.10 Å². The summed E-state index contributed by atoms with van der Waals surface area (Å²) in [6.45, 7) is 6.86. The number of hydrogen-bond acceptors (Lipinski definition) is 4. The van der Waals surface area contributed by atoms with Gasteiger partial charge >= 0.3 is 0 Å². The number of rotatable bonds is 4. The zero-order valence-electron chi connectivity index (χ0n) is 21.6. The van der Waals surface area contributed by atoms with E-state index in [2.05, 4.69) is 65.9 Å². The molecule has 8 nitrogen and oxygen atoms in total. The van der Waals surface area contributed by atoms with Gasteiger partial charge in [0.1, 0.15) is 12.4 Å². The average Bonchev–Trinajstić information content (AvgIpc) is 3.47. The van der Waals surface area contributed by atoms with Crippen LogP contribution in [0.2, 0.25) is 0 Å². The Labute approximate surface area is 216 Å². The molecule has 0 spiro atoms. The molecule has 4 aromatic rings. The molecule has 2 aromatic heterocycles. The van der Waals surface area contributed by atoms with Crippen molar-refractivity contribution < 1.29 is 9.59 Å². The highest BCUT2D eigenvalue weighted by Gasteiger charge is 2.32. The van der Waals surface area contributed by atoms with Crippen LogP contribution < -0.4 is 9.80 Å². The summed E-state index contributed by atoms with van der Waals surface area (Å²) >= 11 is 0. The van der Waals surface area contributed by atoms with Crippen molar-refractivity contribution in [3.8, 4) is 11.3 Å². The molecule has 8 heteroatoms. The van der Waals surface area contributed by atoms with Crippen LogP contribution in [0, 0.1) is 6.92 Å². The van der Waals surface area contributed by atoms with E-state index in [0.717, 1.165) is 28.7 Å². The maximum Gasteiger partial charge on any atom is 0.242 e. The number of para-hydroxylation sites is 1. The van der Waals surface area contributed by atoms with E-state index >= 15 is 0 Å². The number of aromatic nitrogens is 3. The fourth-order valence-corrected chi connectivity index (χ4v) is 5.71. The minimum Gasteiger partial charge on any atom is -0.365 e. The summed E-state index contributed by atoms with van der Waals surface area (Å²) in [4.78, 5) is 32.2. The molecule has 0 unspecified atom stereocenters. The molecular formula is C29H32N6O2. The van der Waals surface area contributed by atoms with Gasteiger partial charge in [0, 0.05) is 73.6 Å². The molecule has 0 N–H and O–H groups in total. The Balaban J connectivity index is 1.21. The predicted octanol–water partition coefficient (Wildman–Crippen LogP) is 3.82. The first-order valence-electron chi connectivity index (χ1n) is 12.9. The molecule has 1 saturated heterocycles. The van der Waals surface area contributed by atoms with Crippen molar-refractivity contribution in [1.29, 1.82) is 0 Å². The second kappa shape index (κ2) is 9.10. The summed E-state index contributed by atoms with van der Waals surface area (Å²) in [5.74, 6) is 0.640. The van der Waals surface area contributed by atoms with Crippen LogP contribution in [0.5, 0.6) is 0 Å². The molecular weight excluding hydrogens is 464 g/mol. The van der Waals surface area contributed by atoms with Gasteiger partial charge in [-0.3, -0.25) is 14.5 Å². The lowest BCUT2D eigenvalue weighted by atomic mass is 10.1. The monoisotopic (exact) mass is 496 g/mol. The number of piperazine rings is 1. The summed E-state index contributed by atoms with van der Waals surface area (Å²) in [5.41, 5.74) is 5.40. The van der Waals surface area contributed by atoms with Gasteiger partial charge < -0.3 is 14.4 Å². The van der Waals surface area contributed by atoms with Crippen molar-refractivity contribution in [2.45, 2.75) is 32.9 Å². The molecule has 1 fully saturated rings. The molecule has 0 radical (unpaired) electrons. The van der Waals surface area contributed by atoms with Gasteiger partial charge in [0.15, 0.2) is 0 Å². The lowest BCUT2D eigenvalue weighted by Crippen LogP contribution is -2.56. The molecule has 2 aromatic carbocycles. The van der Waals surface area contributed by atoms with Gasteiger partial charge in [0.25, 0.3) is 0 Å². The van der Waals surface area contributed by atoms with Crippen molar-refractivity contribution in [3.05, 3.63) is 66.4 Å². The van der Waals surface area contributed by atoms with E-state index in [1.807, 2.05) is 34.8 Å². The van der Waals surface area contributed by atoms with Crippen molar-refractivity contribution in [2.24, 2.45) is 7.05 Å². The number of carbonyl (C=O) groups excluding carboxylic acids is 2. The van der Waals surface area contributed by atoms with Crippen LogP contribution in [0.15, 0.2) is 60.8 Å². The molecule has 1 atom stereocenters. The van der Waals surface area contributed by atoms with Crippen LogP contribution >= 0.6 is 0 Å². The van der Waals surface area contributed by atoms with Crippen LogP contribution in [-0.4, -0.2) is 63.3 Å². The van der Waals surface area contributed by atoms with E-state index in [9.17, 15) is 9.59 Å². The summed E-state index contributed by atoms with van der Waals surface area (Å²) in [5, 5.41) is 5.95. The Morgan fingerprint density at radius 2 is 1.89 bits per heavy atom.